The zero-order chi connectivity index (χ0) is 17.4. The lowest BCUT2D eigenvalue weighted by Crippen LogP contribution is -3.08. The van der Waals surface area contributed by atoms with E-state index in [1.165, 1.54) is 11.8 Å². The minimum absolute atomic E-state index is 0.0496. The van der Waals surface area contributed by atoms with Gasteiger partial charge in [0.25, 0.3) is 5.91 Å². The number of benzene rings is 2. The Labute approximate surface area is 151 Å². The number of hydrogen-bond donors (Lipinski definition) is 2. The van der Waals surface area contributed by atoms with Crippen molar-refractivity contribution in [1.82, 2.24) is 0 Å². The predicted molar refractivity (Wildman–Crippen MR) is 98.3 cm³/mol. The number of anilines is 1. The molecule has 0 saturated heterocycles. The quantitative estimate of drug-likeness (QED) is 0.746. The molecule has 0 aliphatic carbocycles. The Morgan fingerprint density at radius 3 is 2.67 bits per heavy atom. The molecule has 2 rings (SSSR count). The molecule has 2 N–H and O–H groups in total. The highest BCUT2D eigenvalue weighted by molar-refractivity contribution is 7.99. The molecule has 24 heavy (non-hydrogen) atoms. The maximum absolute atomic E-state index is 12.3. The maximum atomic E-state index is 12.3. The van der Waals surface area contributed by atoms with Crippen molar-refractivity contribution >= 4 is 35.0 Å². The van der Waals surface area contributed by atoms with Gasteiger partial charge in [-0.05, 0) is 24.3 Å². The summed E-state index contributed by atoms with van der Waals surface area (Å²) in [7, 11) is 1.98. The Hall–Kier alpha value is -2.00. The topological polar surface area (TPSA) is 57.3 Å². The van der Waals surface area contributed by atoms with Crippen LogP contribution in [-0.4, -0.2) is 25.3 Å². The predicted octanol–water partition coefficient (Wildman–Crippen LogP) is 2.61. The lowest BCUT2D eigenvalue weighted by molar-refractivity contribution is -0.885. The van der Waals surface area contributed by atoms with E-state index in [1.54, 1.807) is 0 Å². The fourth-order valence-corrected chi connectivity index (χ4v) is 3.08. The molecule has 0 aliphatic heterocycles. The van der Waals surface area contributed by atoms with E-state index < -0.39 is 0 Å². The zero-order valence-electron chi connectivity index (χ0n) is 13.4. The molecular formula is C18H19ClN3OS+. The van der Waals surface area contributed by atoms with E-state index in [9.17, 15) is 4.79 Å². The van der Waals surface area contributed by atoms with Crippen LogP contribution in [0.2, 0.25) is 5.02 Å². The number of hydrogen-bond acceptors (Lipinski definition) is 3. The van der Waals surface area contributed by atoms with Gasteiger partial charge in [-0.15, -0.1) is 11.8 Å². The van der Waals surface area contributed by atoms with Gasteiger partial charge in [0, 0.05) is 15.5 Å². The maximum Gasteiger partial charge on any atom is 0.279 e. The SMILES string of the molecule is C[NH+](CC(=O)Nc1ccccc1SCC#N)Cc1ccc(Cl)cc1. The molecule has 1 amide bonds. The third kappa shape index (κ3) is 5.89. The number of carbonyl (C=O) groups is 1. The average Bonchev–Trinajstić information content (AvgIpc) is 2.56. The first kappa shape index (κ1) is 18.3. The average molecular weight is 361 g/mol. The van der Waals surface area contributed by atoms with Crippen LogP contribution in [0.3, 0.4) is 0 Å². The molecule has 1 unspecified atom stereocenters. The summed E-state index contributed by atoms with van der Waals surface area (Å²) >= 11 is 7.30. The van der Waals surface area contributed by atoms with Gasteiger partial charge >= 0.3 is 0 Å². The van der Waals surface area contributed by atoms with E-state index in [4.69, 9.17) is 16.9 Å². The minimum atomic E-state index is -0.0496. The summed E-state index contributed by atoms with van der Waals surface area (Å²) in [5, 5.41) is 12.3. The third-order valence-electron chi connectivity index (χ3n) is 3.33. The highest BCUT2D eigenvalue weighted by atomic mass is 35.5. The van der Waals surface area contributed by atoms with Crippen LogP contribution in [0.4, 0.5) is 5.69 Å². The number of halogens is 1. The number of amides is 1. The van der Waals surface area contributed by atoms with Crippen LogP contribution in [-0.2, 0) is 11.3 Å². The summed E-state index contributed by atoms with van der Waals surface area (Å²) in [5.41, 5.74) is 1.89. The van der Waals surface area contributed by atoms with Crippen molar-refractivity contribution < 1.29 is 9.69 Å². The van der Waals surface area contributed by atoms with Crippen molar-refractivity contribution in [2.75, 3.05) is 24.7 Å². The van der Waals surface area contributed by atoms with Crippen LogP contribution < -0.4 is 10.2 Å². The molecule has 4 nitrogen and oxygen atoms in total. The number of carbonyl (C=O) groups excluding carboxylic acids is 1. The van der Waals surface area contributed by atoms with Crippen molar-refractivity contribution in [3.63, 3.8) is 0 Å². The van der Waals surface area contributed by atoms with Crippen molar-refractivity contribution in [3.8, 4) is 6.07 Å². The second kappa shape index (κ2) is 9.33. The Morgan fingerprint density at radius 2 is 1.96 bits per heavy atom. The van der Waals surface area contributed by atoms with E-state index in [1.807, 2.05) is 55.6 Å². The molecule has 6 heteroatoms. The molecule has 0 aromatic heterocycles. The molecule has 0 fully saturated rings. The zero-order valence-corrected chi connectivity index (χ0v) is 15.0. The normalized spacial score (nSPS) is 11.5. The summed E-state index contributed by atoms with van der Waals surface area (Å²) in [4.78, 5) is 14.3. The number of para-hydroxylation sites is 1. The van der Waals surface area contributed by atoms with Gasteiger partial charge in [-0.3, -0.25) is 4.79 Å². The molecular weight excluding hydrogens is 342 g/mol. The van der Waals surface area contributed by atoms with Gasteiger partial charge in [0.2, 0.25) is 0 Å². The van der Waals surface area contributed by atoms with E-state index in [-0.39, 0.29) is 5.91 Å². The number of nitriles is 1. The van der Waals surface area contributed by atoms with E-state index in [0.717, 1.165) is 27.6 Å². The van der Waals surface area contributed by atoms with Gasteiger partial charge in [0.05, 0.1) is 24.6 Å². The molecule has 0 heterocycles. The number of nitrogens with one attached hydrogen (secondary N) is 2. The summed E-state index contributed by atoms with van der Waals surface area (Å²) < 4.78 is 0. The number of likely N-dealkylation sites (N-methyl/N-ethyl adjacent to an activating group) is 1. The Bertz CT molecular complexity index is 728. The van der Waals surface area contributed by atoms with Gasteiger partial charge in [0.1, 0.15) is 6.54 Å². The monoisotopic (exact) mass is 360 g/mol. The second-order valence-corrected chi connectivity index (χ2v) is 6.88. The molecule has 0 saturated carbocycles. The van der Waals surface area contributed by atoms with E-state index in [0.29, 0.717) is 17.3 Å². The van der Waals surface area contributed by atoms with Gasteiger partial charge < -0.3 is 10.2 Å². The fraction of sp³-hybridized carbons (Fsp3) is 0.222. The van der Waals surface area contributed by atoms with Crippen LogP contribution in [0.25, 0.3) is 0 Å². The van der Waals surface area contributed by atoms with Crippen molar-refractivity contribution in [2.24, 2.45) is 0 Å². The van der Waals surface area contributed by atoms with Gasteiger partial charge in [-0.2, -0.15) is 5.26 Å². The Kier molecular flexibility index (Phi) is 7.13. The third-order valence-corrected chi connectivity index (χ3v) is 4.53. The van der Waals surface area contributed by atoms with Crippen molar-refractivity contribution in [3.05, 3.63) is 59.1 Å². The molecule has 0 radical (unpaired) electrons. The standard InChI is InChI=1S/C18H18ClN3OS/c1-22(12-14-6-8-15(19)9-7-14)13-18(23)21-16-4-2-3-5-17(16)24-11-10-20/h2-9H,11-13H2,1H3,(H,21,23)/p+1. The van der Waals surface area contributed by atoms with Crippen LogP contribution in [0, 0.1) is 11.3 Å². The number of nitrogens with zero attached hydrogens (tertiary/aromatic N) is 1. The van der Waals surface area contributed by atoms with Crippen molar-refractivity contribution in [1.29, 1.82) is 5.26 Å². The minimum Gasteiger partial charge on any atom is -0.326 e. The lowest BCUT2D eigenvalue weighted by Gasteiger charge is -2.15. The molecule has 2 aromatic carbocycles. The largest absolute Gasteiger partial charge is 0.326 e. The molecule has 1 atom stereocenters. The number of rotatable bonds is 7. The second-order valence-electron chi connectivity index (χ2n) is 5.43. The molecule has 0 aliphatic rings. The first-order valence-electron chi connectivity index (χ1n) is 7.53. The van der Waals surface area contributed by atoms with Crippen LogP contribution in [0.15, 0.2) is 53.4 Å². The molecule has 124 valence electrons. The first-order valence-corrected chi connectivity index (χ1v) is 8.89. The summed E-state index contributed by atoms with van der Waals surface area (Å²) in [6, 6.07) is 17.3. The van der Waals surface area contributed by atoms with Crippen LogP contribution in [0.1, 0.15) is 5.56 Å². The number of quaternary nitrogens is 1. The summed E-state index contributed by atoms with van der Waals surface area (Å²) in [6.07, 6.45) is 0. The lowest BCUT2D eigenvalue weighted by atomic mass is 10.2. The highest BCUT2D eigenvalue weighted by Crippen LogP contribution is 2.26. The van der Waals surface area contributed by atoms with Crippen LogP contribution in [0.5, 0.6) is 0 Å². The van der Waals surface area contributed by atoms with Gasteiger partial charge in [-0.1, -0.05) is 35.9 Å². The van der Waals surface area contributed by atoms with Crippen molar-refractivity contribution in [2.45, 2.75) is 11.4 Å². The molecule has 0 bridgehead atoms. The number of thioether (sulfide) groups is 1. The molecule has 0 spiro atoms. The summed E-state index contributed by atoms with van der Waals surface area (Å²) in [5.74, 6) is 0.306. The van der Waals surface area contributed by atoms with Crippen LogP contribution >= 0.6 is 23.4 Å². The highest BCUT2D eigenvalue weighted by Gasteiger charge is 2.12. The Balaban J connectivity index is 1.91. The van der Waals surface area contributed by atoms with E-state index in [2.05, 4.69) is 11.4 Å². The van der Waals surface area contributed by atoms with Gasteiger partial charge in [-0.25, -0.2) is 0 Å². The first-order chi connectivity index (χ1) is 11.6. The Morgan fingerprint density at radius 1 is 1.25 bits per heavy atom. The summed E-state index contributed by atoms with van der Waals surface area (Å²) in [6.45, 7) is 1.11. The molecule has 2 aromatic rings. The van der Waals surface area contributed by atoms with Gasteiger partial charge in [0.15, 0.2) is 6.54 Å². The van der Waals surface area contributed by atoms with E-state index >= 15 is 0 Å². The smallest absolute Gasteiger partial charge is 0.279 e. The fourth-order valence-electron chi connectivity index (χ4n) is 2.29.